The third-order valence-corrected chi connectivity index (χ3v) is 8.15. The highest BCUT2D eigenvalue weighted by atomic mass is 16.5. The summed E-state index contributed by atoms with van der Waals surface area (Å²) < 4.78 is 16.6. The maximum Gasteiger partial charge on any atom is 0.224 e. The molecule has 0 amide bonds. The molecule has 0 saturated carbocycles. The molecule has 7 aromatic rings. The van der Waals surface area contributed by atoms with Gasteiger partial charge in [-0.15, -0.1) is 0 Å². The summed E-state index contributed by atoms with van der Waals surface area (Å²) in [5.74, 6) is 3.04. The van der Waals surface area contributed by atoms with E-state index in [1.165, 1.54) is 10.9 Å². The van der Waals surface area contributed by atoms with Crippen molar-refractivity contribution in [3.8, 4) is 40.0 Å². The van der Waals surface area contributed by atoms with Gasteiger partial charge in [0.05, 0.1) is 35.1 Å². The third-order valence-electron chi connectivity index (χ3n) is 8.15. The van der Waals surface area contributed by atoms with Crippen LogP contribution < -0.4 is 9.47 Å². The van der Waals surface area contributed by atoms with Crippen LogP contribution in [0.4, 0.5) is 0 Å². The van der Waals surface area contributed by atoms with E-state index in [1.54, 1.807) is 7.11 Å². The number of benzene rings is 4. The number of methoxy groups -OCH3 is 1. The Balaban J connectivity index is 1.30. The van der Waals surface area contributed by atoms with Crippen molar-refractivity contribution in [1.82, 2.24) is 19.3 Å². The molecule has 0 aliphatic rings. The minimum atomic E-state index is 0.694. The summed E-state index contributed by atoms with van der Waals surface area (Å²) in [6.45, 7) is 8.33. The van der Waals surface area contributed by atoms with Gasteiger partial charge in [-0.05, 0) is 91.9 Å². The van der Waals surface area contributed by atoms with Gasteiger partial charge in [-0.25, -0.2) is 9.67 Å². The van der Waals surface area contributed by atoms with E-state index in [9.17, 15) is 0 Å². The smallest absolute Gasteiger partial charge is 0.224 e. The van der Waals surface area contributed by atoms with Crippen molar-refractivity contribution in [1.29, 1.82) is 0 Å². The second-order valence-electron chi connectivity index (χ2n) is 11.3. The molecule has 0 N–H and O–H groups in total. The first-order valence-corrected chi connectivity index (χ1v) is 14.9. The van der Waals surface area contributed by atoms with Gasteiger partial charge in [-0.3, -0.25) is 4.57 Å². The number of nitrogens with zero attached hydrogens (tertiary/aromatic N) is 4. The van der Waals surface area contributed by atoms with E-state index in [-0.39, 0.29) is 0 Å². The summed E-state index contributed by atoms with van der Waals surface area (Å²) in [5.41, 5.74) is 9.50. The van der Waals surface area contributed by atoms with Crippen LogP contribution in [-0.4, -0.2) is 26.4 Å². The maximum atomic E-state index is 6.55. The molecule has 0 spiro atoms. The number of ether oxygens (including phenoxy) is 2. The Labute approximate surface area is 257 Å². The normalized spacial score (nSPS) is 11.4. The molecule has 0 unspecified atom stereocenters. The highest BCUT2D eigenvalue weighted by molar-refractivity contribution is 6.09. The van der Waals surface area contributed by atoms with Crippen molar-refractivity contribution < 1.29 is 9.47 Å². The van der Waals surface area contributed by atoms with Gasteiger partial charge in [0.2, 0.25) is 5.88 Å². The Morgan fingerprint density at radius 1 is 0.727 bits per heavy atom. The molecule has 0 aliphatic heterocycles. The number of hydrogen-bond acceptors (Lipinski definition) is 4. The zero-order valence-electron chi connectivity index (χ0n) is 25.6. The molecule has 0 atom stereocenters. The first-order valence-electron chi connectivity index (χ1n) is 14.9. The van der Waals surface area contributed by atoms with Gasteiger partial charge in [0, 0.05) is 29.1 Å². The second kappa shape index (κ2) is 11.0. The fraction of sp³-hybridized carbons (Fsp3) is 0.158. The van der Waals surface area contributed by atoms with Crippen LogP contribution in [0.1, 0.15) is 29.3 Å². The summed E-state index contributed by atoms with van der Waals surface area (Å²) in [5, 5.41) is 7.23. The van der Waals surface area contributed by atoms with Gasteiger partial charge in [-0.1, -0.05) is 49.4 Å². The number of fused-ring (bicyclic) bond motifs is 3. The molecule has 0 bridgehead atoms. The van der Waals surface area contributed by atoms with Crippen LogP contribution in [0.3, 0.4) is 0 Å². The molecular weight excluding hydrogens is 544 g/mol. The van der Waals surface area contributed by atoms with E-state index in [2.05, 4.69) is 98.1 Å². The lowest BCUT2D eigenvalue weighted by molar-refractivity contribution is 0.385. The number of pyridine rings is 1. The SMILES string of the molecule is CCc1ccc(-c2c(C)nn(-c3cc(C)cc(Oc4ccc5c6ccccc6n(-c6cc(C)ccn6)c5c4)c3)c2OC)cc1. The standard InChI is InChI=1S/C38H34N4O2/c1-6-27-11-13-28(14-12-27)37-26(4)40-42(38(37)43-5)29-19-25(3)20-31(22-29)44-30-15-16-33-32-9-7-8-10-34(32)41(35(33)23-30)36-21-24(2)17-18-39-36/h7-23H,6H2,1-5H3. The van der Waals surface area contributed by atoms with Crippen LogP contribution in [0, 0.1) is 20.8 Å². The molecule has 44 heavy (non-hydrogen) atoms. The van der Waals surface area contributed by atoms with Crippen molar-refractivity contribution in [2.45, 2.75) is 34.1 Å². The van der Waals surface area contributed by atoms with Gasteiger partial charge in [-0.2, -0.15) is 5.10 Å². The largest absolute Gasteiger partial charge is 0.480 e. The molecular formula is C38H34N4O2. The van der Waals surface area contributed by atoms with Gasteiger partial charge < -0.3 is 9.47 Å². The summed E-state index contributed by atoms with van der Waals surface area (Å²) in [4.78, 5) is 4.71. The average Bonchev–Trinajstić information content (AvgIpc) is 3.54. The fourth-order valence-electron chi connectivity index (χ4n) is 6.06. The molecule has 0 fully saturated rings. The molecule has 3 heterocycles. The van der Waals surface area contributed by atoms with Crippen molar-refractivity contribution >= 4 is 21.8 Å². The Morgan fingerprint density at radius 3 is 2.30 bits per heavy atom. The molecule has 0 aliphatic carbocycles. The average molecular weight is 579 g/mol. The minimum Gasteiger partial charge on any atom is -0.480 e. The zero-order chi connectivity index (χ0) is 30.4. The third kappa shape index (κ3) is 4.78. The quantitative estimate of drug-likeness (QED) is 0.189. The topological polar surface area (TPSA) is 54.1 Å². The van der Waals surface area contributed by atoms with Crippen molar-refractivity contribution in [2.75, 3.05) is 7.11 Å². The second-order valence-corrected chi connectivity index (χ2v) is 11.3. The van der Waals surface area contributed by atoms with Gasteiger partial charge >= 0.3 is 0 Å². The molecule has 7 rings (SSSR count). The lowest BCUT2D eigenvalue weighted by atomic mass is 10.0. The summed E-state index contributed by atoms with van der Waals surface area (Å²) in [6.07, 6.45) is 2.86. The highest BCUT2D eigenvalue weighted by Crippen LogP contribution is 2.38. The number of rotatable bonds is 7. The molecule has 3 aromatic heterocycles. The van der Waals surface area contributed by atoms with Crippen LogP contribution in [0.25, 0.3) is 44.4 Å². The Hall–Kier alpha value is -5.36. The summed E-state index contributed by atoms with van der Waals surface area (Å²) in [7, 11) is 1.70. The Bertz CT molecular complexity index is 2160. The van der Waals surface area contributed by atoms with Gasteiger partial charge in [0.25, 0.3) is 0 Å². The van der Waals surface area contributed by atoms with Crippen LogP contribution in [0.5, 0.6) is 17.4 Å². The first kappa shape index (κ1) is 27.5. The van der Waals surface area contributed by atoms with Gasteiger partial charge in [0.1, 0.15) is 17.3 Å². The van der Waals surface area contributed by atoms with Crippen LogP contribution in [0.15, 0.2) is 103 Å². The number of para-hydroxylation sites is 1. The predicted molar refractivity (Wildman–Crippen MR) is 178 cm³/mol. The molecule has 6 nitrogen and oxygen atoms in total. The fourth-order valence-corrected chi connectivity index (χ4v) is 6.06. The van der Waals surface area contributed by atoms with E-state index >= 15 is 0 Å². The molecule has 4 aromatic carbocycles. The van der Waals surface area contributed by atoms with Crippen LogP contribution in [-0.2, 0) is 6.42 Å². The lowest BCUT2D eigenvalue weighted by Gasteiger charge is -2.13. The van der Waals surface area contributed by atoms with E-state index in [0.29, 0.717) is 5.88 Å². The maximum absolute atomic E-state index is 6.55. The van der Waals surface area contributed by atoms with Crippen molar-refractivity contribution in [2.24, 2.45) is 0 Å². The Kier molecular flexibility index (Phi) is 6.90. The van der Waals surface area contributed by atoms with Gasteiger partial charge in [0.15, 0.2) is 0 Å². The van der Waals surface area contributed by atoms with Crippen LogP contribution in [0.2, 0.25) is 0 Å². The highest BCUT2D eigenvalue weighted by Gasteiger charge is 2.20. The number of aryl methyl sites for hydroxylation is 4. The molecule has 6 heteroatoms. The zero-order valence-corrected chi connectivity index (χ0v) is 25.6. The van der Waals surface area contributed by atoms with Crippen LogP contribution >= 0.6 is 0 Å². The number of hydrogen-bond donors (Lipinski definition) is 0. The molecule has 0 radical (unpaired) electrons. The molecule has 218 valence electrons. The summed E-state index contributed by atoms with van der Waals surface area (Å²) >= 11 is 0. The first-order chi connectivity index (χ1) is 21.4. The van der Waals surface area contributed by atoms with Crippen molar-refractivity contribution in [3.05, 3.63) is 126 Å². The van der Waals surface area contributed by atoms with E-state index in [0.717, 1.165) is 73.8 Å². The van der Waals surface area contributed by atoms with E-state index in [4.69, 9.17) is 19.6 Å². The van der Waals surface area contributed by atoms with E-state index in [1.807, 2.05) is 42.1 Å². The lowest BCUT2D eigenvalue weighted by Crippen LogP contribution is -2.01. The monoisotopic (exact) mass is 578 g/mol. The number of aromatic nitrogens is 4. The summed E-state index contributed by atoms with van der Waals surface area (Å²) in [6, 6.07) is 33.6. The minimum absolute atomic E-state index is 0.694. The Morgan fingerprint density at radius 2 is 1.52 bits per heavy atom. The van der Waals surface area contributed by atoms with E-state index < -0.39 is 0 Å². The molecule has 0 saturated heterocycles. The predicted octanol–water partition coefficient (Wildman–Crippen LogP) is 9.32. The van der Waals surface area contributed by atoms with Crippen molar-refractivity contribution in [3.63, 3.8) is 0 Å².